The van der Waals surface area contributed by atoms with Crippen LogP contribution in [-0.4, -0.2) is 74.1 Å². The average molecular weight is 420 g/mol. The van der Waals surface area contributed by atoms with Gasteiger partial charge in [0.15, 0.2) is 0 Å². The van der Waals surface area contributed by atoms with Crippen molar-refractivity contribution in [3.63, 3.8) is 0 Å². The minimum absolute atomic E-state index is 0. The topological polar surface area (TPSA) is 80.0 Å². The Labute approximate surface area is 148 Å². The molecule has 0 fully saturated rings. The second-order valence-corrected chi connectivity index (χ2v) is 5.00. The summed E-state index contributed by atoms with van der Waals surface area (Å²) in [5.74, 6) is 1.61. The summed E-state index contributed by atoms with van der Waals surface area (Å²) in [5, 5.41) is 18.7. The largest absolute Gasteiger partial charge is 0.355 e. The predicted octanol–water partition coefficient (Wildman–Crippen LogP) is 0.528. The minimum Gasteiger partial charge on any atom is -0.355 e. The molecule has 124 valence electrons. The number of halogens is 1. The highest BCUT2D eigenvalue weighted by Gasteiger charge is 2.09. The standard InChI is InChI=1S/C13H24N8.HI/c1-11(19-21(3)13-16-8-5-9-17-13)10-18-20(2)12-14-6-4-7-15-12;/h10H,4-9H2,1-3H3,(H,14,15)(H,16,17);1H/b18-10+,19-11-;. The van der Waals surface area contributed by atoms with Crippen LogP contribution in [0.15, 0.2) is 20.2 Å². The van der Waals surface area contributed by atoms with Crippen LogP contribution in [0.4, 0.5) is 0 Å². The molecule has 0 saturated carbocycles. The van der Waals surface area contributed by atoms with E-state index in [1.807, 2.05) is 21.0 Å². The van der Waals surface area contributed by atoms with E-state index in [0.29, 0.717) is 0 Å². The zero-order chi connectivity index (χ0) is 15.1. The molecule has 0 unspecified atom stereocenters. The van der Waals surface area contributed by atoms with Gasteiger partial charge in [-0.1, -0.05) is 0 Å². The molecule has 0 aromatic rings. The highest BCUT2D eigenvalue weighted by molar-refractivity contribution is 14.0. The number of nitrogens with one attached hydrogen (secondary N) is 2. The summed E-state index contributed by atoms with van der Waals surface area (Å²) in [4.78, 5) is 8.77. The average Bonchev–Trinajstić information content (AvgIpc) is 2.54. The van der Waals surface area contributed by atoms with E-state index in [1.165, 1.54) is 0 Å². The summed E-state index contributed by atoms with van der Waals surface area (Å²) >= 11 is 0. The quantitative estimate of drug-likeness (QED) is 0.397. The Hall–Kier alpha value is -1.39. The zero-order valence-corrected chi connectivity index (χ0v) is 15.7. The van der Waals surface area contributed by atoms with E-state index < -0.39 is 0 Å². The maximum atomic E-state index is 4.44. The Balaban J connectivity index is 0.00000242. The molecular formula is C13H25IN8. The first-order chi connectivity index (χ1) is 10.2. The maximum absolute atomic E-state index is 4.44. The van der Waals surface area contributed by atoms with Crippen molar-refractivity contribution in [3.05, 3.63) is 0 Å². The molecule has 22 heavy (non-hydrogen) atoms. The fourth-order valence-corrected chi connectivity index (χ4v) is 2.01. The molecule has 0 saturated heterocycles. The normalized spacial score (nSPS) is 18.6. The SMILES string of the molecule is CC(/C=N/N(C)C1=NCCCN1)=N/N(C)C1=NCCCN1.I. The highest BCUT2D eigenvalue weighted by atomic mass is 127. The molecule has 0 bridgehead atoms. The van der Waals surface area contributed by atoms with Crippen molar-refractivity contribution >= 4 is 47.8 Å². The Bertz CT molecular complexity index is 471. The maximum Gasteiger partial charge on any atom is 0.214 e. The third kappa shape index (κ3) is 5.78. The first-order valence-corrected chi connectivity index (χ1v) is 7.30. The van der Waals surface area contributed by atoms with Crippen molar-refractivity contribution in [2.24, 2.45) is 20.2 Å². The fourth-order valence-electron chi connectivity index (χ4n) is 2.01. The third-order valence-electron chi connectivity index (χ3n) is 3.10. The van der Waals surface area contributed by atoms with Gasteiger partial charge in [0.25, 0.3) is 0 Å². The zero-order valence-electron chi connectivity index (χ0n) is 13.4. The number of nitrogens with zero attached hydrogens (tertiary/aromatic N) is 6. The van der Waals surface area contributed by atoms with Gasteiger partial charge in [-0.15, -0.1) is 24.0 Å². The smallest absolute Gasteiger partial charge is 0.214 e. The molecule has 8 nitrogen and oxygen atoms in total. The molecule has 2 aliphatic heterocycles. The highest BCUT2D eigenvalue weighted by Crippen LogP contribution is 1.96. The van der Waals surface area contributed by atoms with Crippen LogP contribution in [0, 0.1) is 0 Å². The summed E-state index contributed by atoms with van der Waals surface area (Å²) in [6, 6.07) is 0. The Morgan fingerprint density at radius 1 is 1.05 bits per heavy atom. The van der Waals surface area contributed by atoms with Gasteiger partial charge in [0.1, 0.15) is 0 Å². The van der Waals surface area contributed by atoms with Crippen LogP contribution >= 0.6 is 24.0 Å². The molecule has 0 aromatic heterocycles. The van der Waals surface area contributed by atoms with Crippen LogP contribution in [0.2, 0.25) is 0 Å². The van der Waals surface area contributed by atoms with Gasteiger partial charge in [-0.05, 0) is 19.8 Å². The van der Waals surface area contributed by atoms with Crippen LogP contribution < -0.4 is 10.6 Å². The van der Waals surface area contributed by atoms with Gasteiger partial charge in [0, 0.05) is 40.3 Å². The van der Waals surface area contributed by atoms with Crippen molar-refractivity contribution in [2.45, 2.75) is 19.8 Å². The lowest BCUT2D eigenvalue weighted by molar-refractivity contribution is 0.497. The van der Waals surface area contributed by atoms with E-state index in [1.54, 1.807) is 16.2 Å². The number of aliphatic imine (C=N–C) groups is 2. The minimum atomic E-state index is 0. The van der Waals surface area contributed by atoms with Crippen LogP contribution in [0.3, 0.4) is 0 Å². The van der Waals surface area contributed by atoms with E-state index in [-0.39, 0.29) is 24.0 Å². The summed E-state index contributed by atoms with van der Waals surface area (Å²) in [7, 11) is 3.75. The Kier molecular flexibility index (Phi) is 8.13. The molecule has 0 aliphatic carbocycles. The van der Waals surface area contributed by atoms with E-state index in [9.17, 15) is 0 Å². The molecule has 0 spiro atoms. The van der Waals surface area contributed by atoms with Crippen LogP contribution in [0.1, 0.15) is 19.8 Å². The molecule has 2 rings (SSSR count). The lowest BCUT2D eigenvalue weighted by Crippen LogP contribution is -2.40. The summed E-state index contributed by atoms with van der Waals surface area (Å²) in [5.41, 5.74) is 0.802. The van der Waals surface area contributed by atoms with Gasteiger partial charge in [-0.2, -0.15) is 10.2 Å². The molecule has 0 atom stereocenters. The first-order valence-electron chi connectivity index (χ1n) is 7.30. The number of hydrazone groups is 2. The molecule has 2 aliphatic rings. The third-order valence-corrected chi connectivity index (χ3v) is 3.10. The van der Waals surface area contributed by atoms with Crippen molar-refractivity contribution < 1.29 is 0 Å². The van der Waals surface area contributed by atoms with Gasteiger partial charge in [0.2, 0.25) is 11.9 Å². The van der Waals surface area contributed by atoms with Crippen LogP contribution in [-0.2, 0) is 0 Å². The molecule has 0 radical (unpaired) electrons. The number of hydrogen-bond acceptors (Lipinski definition) is 8. The fraction of sp³-hybridized carbons (Fsp3) is 0.692. The van der Waals surface area contributed by atoms with Crippen molar-refractivity contribution in [2.75, 3.05) is 40.3 Å². The number of guanidine groups is 2. The predicted molar refractivity (Wildman–Crippen MR) is 102 cm³/mol. The van der Waals surface area contributed by atoms with Crippen molar-refractivity contribution in [1.82, 2.24) is 20.7 Å². The van der Waals surface area contributed by atoms with E-state index in [2.05, 4.69) is 30.8 Å². The van der Waals surface area contributed by atoms with Gasteiger partial charge in [-0.25, -0.2) is 10.0 Å². The van der Waals surface area contributed by atoms with Crippen LogP contribution in [0.25, 0.3) is 0 Å². The number of hydrogen-bond donors (Lipinski definition) is 2. The van der Waals surface area contributed by atoms with Gasteiger partial charge in [-0.3, -0.25) is 9.98 Å². The first kappa shape index (κ1) is 18.7. The molecule has 2 N–H and O–H groups in total. The molecule has 9 heteroatoms. The molecule has 0 aromatic carbocycles. The lowest BCUT2D eigenvalue weighted by Gasteiger charge is -2.21. The number of rotatable bonds is 3. The molecular weight excluding hydrogens is 395 g/mol. The van der Waals surface area contributed by atoms with Crippen LogP contribution in [0.5, 0.6) is 0 Å². The summed E-state index contributed by atoms with van der Waals surface area (Å²) < 4.78 is 0. The lowest BCUT2D eigenvalue weighted by atomic mass is 10.4. The summed E-state index contributed by atoms with van der Waals surface area (Å²) in [6.45, 7) is 5.50. The van der Waals surface area contributed by atoms with Crippen molar-refractivity contribution in [3.8, 4) is 0 Å². The van der Waals surface area contributed by atoms with E-state index >= 15 is 0 Å². The second-order valence-electron chi connectivity index (χ2n) is 5.00. The van der Waals surface area contributed by atoms with Gasteiger partial charge < -0.3 is 10.6 Å². The molecule has 2 heterocycles. The summed E-state index contributed by atoms with van der Waals surface area (Å²) in [6.07, 6.45) is 3.86. The van der Waals surface area contributed by atoms with Crippen molar-refractivity contribution in [1.29, 1.82) is 0 Å². The van der Waals surface area contributed by atoms with Gasteiger partial charge in [0.05, 0.1) is 11.9 Å². The monoisotopic (exact) mass is 420 g/mol. The second kappa shape index (κ2) is 9.59. The molecule has 0 amide bonds. The van der Waals surface area contributed by atoms with Gasteiger partial charge >= 0.3 is 0 Å². The Morgan fingerprint density at radius 3 is 2.09 bits per heavy atom. The van der Waals surface area contributed by atoms with E-state index in [0.717, 1.165) is 56.7 Å². The van der Waals surface area contributed by atoms with E-state index in [4.69, 9.17) is 0 Å². The Morgan fingerprint density at radius 2 is 1.59 bits per heavy atom.